The number of hydrogen-bond acceptors (Lipinski definition) is 5. The lowest BCUT2D eigenvalue weighted by Gasteiger charge is -2.22. The number of carbonyl (C=O) groups is 1. The van der Waals surface area contributed by atoms with Crippen LogP contribution in [0.3, 0.4) is 0 Å². The van der Waals surface area contributed by atoms with Crippen molar-refractivity contribution >= 4 is 5.97 Å². The van der Waals surface area contributed by atoms with E-state index in [2.05, 4.69) is 12.2 Å². The second-order valence-corrected chi connectivity index (χ2v) is 10.5. The van der Waals surface area contributed by atoms with Gasteiger partial charge in [0, 0.05) is 25.7 Å². The molecule has 1 saturated heterocycles. The molecule has 0 aromatic rings. The Kier molecular flexibility index (Phi) is 23.1. The van der Waals surface area contributed by atoms with Crippen LogP contribution in [0.4, 0.5) is 0 Å². The molecule has 1 aliphatic heterocycles. The van der Waals surface area contributed by atoms with Crippen molar-refractivity contribution in [2.75, 3.05) is 26.9 Å². The van der Waals surface area contributed by atoms with Gasteiger partial charge in [0.15, 0.2) is 6.29 Å². The highest BCUT2D eigenvalue weighted by atomic mass is 16.7. The van der Waals surface area contributed by atoms with Crippen molar-refractivity contribution in [3.05, 3.63) is 0 Å². The largest absolute Gasteiger partial charge is 0.469 e. The summed E-state index contributed by atoms with van der Waals surface area (Å²) in [4.78, 5) is 11.2. The van der Waals surface area contributed by atoms with E-state index < -0.39 is 0 Å². The molecule has 208 valence electrons. The van der Waals surface area contributed by atoms with Crippen molar-refractivity contribution in [2.24, 2.45) is 0 Å². The monoisotopic (exact) mass is 497 g/mol. The zero-order valence-corrected chi connectivity index (χ0v) is 23.5. The molecule has 0 radical (unpaired) electrons. The molecule has 1 N–H and O–H groups in total. The maximum Gasteiger partial charge on any atom is 0.305 e. The van der Waals surface area contributed by atoms with Crippen LogP contribution < -0.4 is 5.32 Å². The Balaban J connectivity index is 2.09. The number of methoxy groups -OCH3 is 1. The third kappa shape index (κ3) is 21.2. The van der Waals surface area contributed by atoms with Crippen molar-refractivity contribution in [2.45, 2.75) is 161 Å². The lowest BCUT2D eigenvalue weighted by atomic mass is 10.00. The van der Waals surface area contributed by atoms with Gasteiger partial charge >= 0.3 is 5.97 Å². The topological polar surface area (TPSA) is 56.8 Å². The number of rotatable bonds is 25. The molecule has 2 unspecified atom stereocenters. The van der Waals surface area contributed by atoms with Crippen LogP contribution >= 0.6 is 0 Å². The summed E-state index contributed by atoms with van der Waals surface area (Å²) in [6.45, 7) is 5.14. The van der Waals surface area contributed by atoms with Crippen molar-refractivity contribution in [1.29, 1.82) is 0 Å². The number of ether oxygens (including phenoxy) is 3. The first kappa shape index (κ1) is 32.4. The number of esters is 1. The number of hydrogen-bond donors (Lipinski definition) is 1. The van der Waals surface area contributed by atoms with Gasteiger partial charge in [-0.15, -0.1) is 0 Å². The molecule has 5 heteroatoms. The van der Waals surface area contributed by atoms with Gasteiger partial charge in [-0.1, -0.05) is 90.4 Å². The summed E-state index contributed by atoms with van der Waals surface area (Å²) in [6, 6.07) is 0.678. The van der Waals surface area contributed by atoms with Gasteiger partial charge in [0.05, 0.1) is 7.11 Å². The number of nitrogens with one attached hydrogen (secondary N) is 1. The summed E-state index contributed by atoms with van der Waals surface area (Å²) < 4.78 is 16.2. The van der Waals surface area contributed by atoms with Gasteiger partial charge in [0.25, 0.3) is 0 Å². The molecule has 0 saturated carbocycles. The van der Waals surface area contributed by atoms with Gasteiger partial charge in [-0.05, 0) is 57.9 Å². The van der Waals surface area contributed by atoms with Crippen LogP contribution in [0.2, 0.25) is 0 Å². The van der Waals surface area contributed by atoms with E-state index in [4.69, 9.17) is 14.2 Å². The van der Waals surface area contributed by atoms with Crippen LogP contribution in [-0.2, 0) is 19.0 Å². The normalized spacial score (nSPS) is 16.9. The highest BCUT2D eigenvalue weighted by Gasteiger charge is 2.13. The summed E-state index contributed by atoms with van der Waals surface area (Å²) in [6.07, 6.45) is 27.3. The molecule has 0 spiro atoms. The van der Waals surface area contributed by atoms with Crippen molar-refractivity contribution in [3.63, 3.8) is 0 Å². The standard InChI is InChI=1S/C30H59NO4/c1-3-4-5-6-7-9-14-21-28(31-25-18-12-8-10-16-23-29(32)33-2)22-15-11-13-19-26-34-30-24-17-20-27-35-30/h28,30-31H,3-27H2,1-2H3. The first-order chi connectivity index (χ1) is 17.3. The fourth-order valence-corrected chi connectivity index (χ4v) is 4.93. The van der Waals surface area contributed by atoms with E-state index in [0.717, 1.165) is 45.4 Å². The molecule has 0 bridgehead atoms. The van der Waals surface area contributed by atoms with Gasteiger partial charge in [0.2, 0.25) is 0 Å². The van der Waals surface area contributed by atoms with E-state index >= 15 is 0 Å². The number of carbonyl (C=O) groups excluding carboxylic acids is 1. The second-order valence-electron chi connectivity index (χ2n) is 10.5. The average molecular weight is 498 g/mol. The molecular formula is C30H59NO4. The zero-order chi connectivity index (χ0) is 25.2. The Labute approximate surface area is 217 Å². The fraction of sp³-hybridized carbons (Fsp3) is 0.967. The molecule has 0 aromatic carbocycles. The van der Waals surface area contributed by atoms with E-state index in [1.807, 2.05) is 0 Å². The zero-order valence-electron chi connectivity index (χ0n) is 23.5. The molecular weight excluding hydrogens is 438 g/mol. The van der Waals surface area contributed by atoms with Gasteiger partial charge in [-0.2, -0.15) is 0 Å². The molecule has 1 aliphatic rings. The maximum absolute atomic E-state index is 11.2. The molecule has 0 aromatic heterocycles. The fourth-order valence-electron chi connectivity index (χ4n) is 4.93. The van der Waals surface area contributed by atoms with Gasteiger partial charge in [-0.3, -0.25) is 4.79 Å². The maximum atomic E-state index is 11.2. The Morgan fingerprint density at radius 2 is 1.46 bits per heavy atom. The highest BCUT2D eigenvalue weighted by Crippen LogP contribution is 2.16. The van der Waals surface area contributed by atoms with Crippen molar-refractivity contribution in [3.8, 4) is 0 Å². The van der Waals surface area contributed by atoms with Crippen LogP contribution in [0.15, 0.2) is 0 Å². The molecule has 5 nitrogen and oxygen atoms in total. The molecule has 2 atom stereocenters. The van der Waals surface area contributed by atoms with Crippen molar-refractivity contribution < 1.29 is 19.0 Å². The van der Waals surface area contributed by atoms with E-state index in [9.17, 15) is 4.79 Å². The highest BCUT2D eigenvalue weighted by molar-refractivity contribution is 5.68. The van der Waals surface area contributed by atoms with Crippen LogP contribution in [-0.4, -0.2) is 45.2 Å². The summed E-state index contributed by atoms with van der Waals surface area (Å²) in [5, 5.41) is 3.88. The minimum Gasteiger partial charge on any atom is -0.469 e. The van der Waals surface area contributed by atoms with Gasteiger partial charge in [0.1, 0.15) is 0 Å². The molecule has 1 heterocycles. The van der Waals surface area contributed by atoms with E-state index in [-0.39, 0.29) is 12.3 Å². The minimum atomic E-state index is -0.0781. The third-order valence-corrected chi connectivity index (χ3v) is 7.26. The second kappa shape index (κ2) is 25.0. The molecule has 35 heavy (non-hydrogen) atoms. The Morgan fingerprint density at radius 1 is 0.829 bits per heavy atom. The van der Waals surface area contributed by atoms with Crippen LogP contribution in [0.5, 0.6) is 0 Å². The predicted molar refractivity (Wildman–Crippen MR) is 147 cm³/mol. The lowest BCUT2D eigenvalue weighted by Crippen LogP contribution is -2.30. The molecule has 1 rings (SSSR count). The molecule has 0 amide bonds. The average Bonchev–Trinajstić information content (AvgIpc) is 2.88. The van der Waals surface area contributed by atoms with Crippen LogP contribution in [0, 0.1) is 0 Å². The first-order valence-corrected chi connectivity index (χ1v) is 15.3. The summed E-state index contributed by atoms with van der Waals surface area (Å²) in [7, 11) is 1.47. The smallest absolute Gasteiger partial charge is 0.305 e. The quantitative estimate of drug-likeness (QED) is 0.102. The summed E-state index contributed by atoms with van der Waals surface area (Å²) in [5.41, 5.74) is 0. The Morgan fingerprint density at radius 3 is 2.11 bits per heavy atom. The van der Waals surface area contributed by atoms with Gasteiger partial charge in [-0.25, -0.2) is 0 Å². The number of unbranched alkanes of at least 4 members (excludes halogenated alkanes) is 13. The predicted octanol–water partition coefficient (Wildman–Crippen LogP) is 8.09. The van der Waals surface area contributed by atoms with Crippen molar-refractivity contribution in [1.82, 2.24) is 5.32 Å². The van der Waals surface area contributed by atoms with Gasteiger partial charge < -0.3 is 19.5 Å². The van der Waals surface area contributed by atoms with E-state index in [0.29, 0.717) is 12.5 Å². The summed E-state index contributed by atoms with van der Waals surface area (Å²) >= 11 is 0. The molecule has 1 fully saturated rings. The first-order valence-electron chi connectivity index (χ1n) is 15.3. The molecule has 0 aliphatic carbocycles. The summed E-state index contributed by atoms with van der Waals surface area (Å²) in [5.74, 6) is -0.0781. The van der Waals surface area contributed by atoms with Crippen LogP contribution in [0.1, 0.15) is 148 Å². The minimum absolute atomic E-state index is 0.0622. The lowest BCUT2D eigenvalue weighted by molar-refractivity contribution is -0.162. The van der Waals surface area contributed by atoms with E-state index in [1.165, 1.54) is 116 Å². The van der Waals surface area contributed by atoms with Crippen LogP contribution in [0.25, 0.3) is 0 Å². The Hall–Kier alpha value is -0.650. The SMILES string of the molecule is CCCCCCCCCC(CCCCCCOC1CCCCO1)NCCCCCCCC(=O)OC. The third-order valence-electron chi connectivity index (χ3n) is 7.26. The Bertz CT molecular complexity index is 454. The van der Waals surface area contributed by atoms with E-state index in [1.54, 1.807) is 0 Å².